The van der Waals surface area contributed by atoms with E-state index in [2.05, 4.69) is 22.6 Å². The van der Waals surface area contributed by atoms with E-state index < -0.39 is 0 Å². The third-order valence-electron chi connectivity index (χ3n) is 4.06. The van der Waals surface area contributed by atoms with Crippen LogP contribution in [-0.4, -0.2) is 26.9 Å². The molecule has 6 nitrogen and oxygen atoms in total. The molecule has 1 aromatic heterocycles. The predicted octanol–water partition coefficient (Wildman–Crippen LogP) is 1.92. The average Bonchev–Trinajstić information content (AvgIpc) is 2.76. The van der Waals surface area contributed by atoms with Gasteiger partial charge in [0.05, 0.1) is 17.9 Å². The fourth-order valence-corrected chi connectivity index (χ4v) is 2.86. The molecule has 0 aromatic carbocycles. The second-order valence-corrected chi connectivity index (χ2v) is 5.99. The number of nitrogens with zero attached hydrogens (tertiary/aromatic N) is 3. The Morgan fingerprint density at radius 1 is 1.43 bits per heavy atom. The Kier molecular flexibility index (Phi) is 6.17. The van der Waals surface area contributed by atoms with Gasteiger partial charge in [0.2, 0.25) is 5.91 Å². The minimum absolute atomic E-state index is 0.0161. The largest absolute Gasteiger partial charge is 0.352 e. The second kappa shape index (κ2) is 8.12. The number of hydrogen-bond acceptors (Lipinski definition) is 4. The minimum atomic E-state index is -0.0892. The first-order valence-electron chi connectivity index (χ1n) is 8.14. The molecule has 0 spiro atoms. The van der Waals surface area contributed by atoms with E-state index in [1.54, 1.807) is 10.9 Å². The van der Waals surface area contributed by atoms with Crippen molar-refractivity contribution < 1.29 is 4.79 Å². The van der Waals surface area contributed by atoms with Crippen molar-refractivity contribution in [3.63, 3.8) is 0 Å². The van der Waals surface area contributed by atoms with Gasteiger partial charge in [0.25, 0.3) is 0 Å². The topological polar surface area (TPSA) is 85.8 Å². The van der Waals surface area contributed by atoms with E-state index in [4.69, 9.17) is 5.73 Å². The lowest BCUT2D eigenvalue weighted by atomic mass is 10.1. The summed E-state index contributed by atoms with van der Waals surface area (Å²) < 4.78 is 1.58. The maximum Gasteiger partial charge on any atom is 0.242 e. The zero-order chi connectivity index (χ0) is 15.1. The molecule has 1 aliphatic carbocycles. The lowest BCUT2D eigenvalue weighted by Crippen LogP contribution is -2.36. The quantitative estimate of drug-likeness (QED) is 0.785. The molecule has 1 heterocycles. The van der Waals surface area contributed by atoms with Crippen LogP contribution >= 0.6 is 0 Å². The van der Waals surface area contributed by atoms with Crippen LogP contribution in [0.1, 0.15) is 70.0 Å². The third-order valence-corrected chi connectivity index (χ3v) is 4.06. The monoisotopic (exact) mass is 293 g/mol. The zero-order valence-corrected chi connectivity index (χ0v) is 12.9. The number of carbonyl (C=O) groups excluding carboxylic acids is 1. The molecule has 2 rings (SSSR count). The molecule has 1 fully saturated rings. The summed E-state index contributed by atoms with van der Waals surface area (Å²) in [5, 5.41) is 11.2. The number of nitrogens with two attached hydrogens (primary N) is 1. The standard InChI is InChI=1S/C15H27N5O/c1-2-7-13(16)14-10-20(19-18-14)11-15(21)17-12-8-5-3-4-6-9-12/h10,12-13H,2-9,11,16H2,1H3,(H,17,21). The molecule has 6 heteroatoms. The number of nitrogens with one attached hydrogen (secondary N) is 1. The van der Waals surface area contributed by atoms with Crippen molar-refractivity contribution >= 4 is 5.91 Å². The van der Waals surface area contributed by atoms with Crippen LogP contribution in [0.4, 0.5) is 0 Å². The highest BCUT2D eigenvalue weighted by Gasteiger charge is 2.16. The van der Waals surface area contributed by atoms with Crippen molar-refractivity contribution in [3.8, 4) is 0 Å². The molecule has 1 aliphatic rings. The Morgan fingerprint density at radius 3 is 2.81 bits per heavy atom. The summed E-state index contributed by atoms with van der Waals surface area (Å²) in [5.41, 5.74) is 6.76. The van der Waals surface area contributed by atoms with Crippen LogP contribution in [0.15, 0.2) is 6.20 Å². The van der Waals surface area contributed by atoms with Crippen LogP contribution in [0.3, 0.4) is 0 Å². The van der Waals surface area contributed by atoms with Gasteiger partial charge in [-0.1, -0.05) is 44.2 Å². The molecule has 0 bridgehead atoms. The van der Waals surface area contributed by atoms with Gasteiger partial charge in [0.1, 0.15) is 6.54 Å². The summed E-state index contributed by atoms with van der Waals surface area (Å²) in [5.74, 6) is 0.0161. The van der Waals surface area contributed by atoms with Crippen molar-refractivity contribution in [1.82, 2.24) is 20.3 Å². The Hall–Kier alpha value is -1.43. The van der Waals surface area contributed by atoms with Gasteiger partial charge in [-0.3, -0.25) is 4.79 Å². The Morgan fingerprint density at radius 2 is 2.14 bits per heavy atom. The van der Waals surface area contributed by atoms with Gasteiger partial charge in [0, 0.05) is 6.04 Å². The zero-order valence-electron chi connectivity index (χ0n) is 12.9. The van der Waals surface area contributed by atoms with E-state index in [1.165, 1.54) is 25.7 Å². The molecular weight excluding hydrogens is 266 g/mol. The van der Waals surface area contributed by atoms with Gasteiger partial charge < -0.3 is 11.1 Å². The van der Waals surface area contributed by atoms with Crippen LogP contribution in [-0.2, 0) is 11.3 Å². The smallest absolute Gasteiger partial charge is 0.242 e. The summed E-state index contributed by atoms with van der Waals surface area (Å²) >= 11 is 0. The normalized spacial score (nSPS) is 18.2. The molecule has 1 unspecified atom stereocenters. The van der Waals surface area contributed by atoms with Crippen molar-refractivity contribution in [3.05, 3.63) is 11.9 Å². The van der Waals surface area contributed by atoms with E-state index in [-0.39, 0.29) is 18.5 Å². The molecule has 1 saturated carbocycles. The van der Waals surface area contributed by atoms with Crippen molar-refractivity contribution in [2.24, 2.45) is 5.73 Å². The lowest BCUT2D eigenvalue weighted by molar-refractivity contribution is -0.122. The molecular formula is C15H27N5O. The first kappa shape index (κ1) is 15.9. The van der Waals surface area contributed by atoms with Crippen LogP contribution < -0.4 is 11.1 Å². The van der Waals surface area contributed by atoms with Crippen LogP contribution in [0.5, 0.6) is 0 Å². The summed E-state index contributed by atoms with van der Waals surface area (Å²) in [6, 6.07) is 0.235. The van der Waals surface area contributed by atoms with Crippen molar-refractivity contribution in [2.75, 3.05) is 0 Å². The highest BCUT2D eigenvalue weighted by Crippen LogP contribution is 2.17. The van der Waals surface area contributed by atoms with Gasteiger partial charge in [-0.2, -0.15) is 0 Å². The van der Waals surface area contributed by atoms with E-state index in [1.807, 2.05) is 0 Å². The van der Waals surface area contributed by atoms with E-state index in [0.29, 0.717) is 6.04 Å². The number of amides is 1. The maximum absolute atomic E-state index is 12.1. The first-order chi connectivity index (χ1) is 10.2. The average molecular weight is 293 g/mol. The fraction of sp³-hybridized carbons (Fsp3) is 0.800. The van der Waals surface area contributed by atoms with Gasteiger partial charge in [-0.25, -0.2) is 4.68 Å². The molecule has 0 aliphatic heterocycles. The maximum atomic E-state index is 12.1. The summed E-state index contributed by atoms with van der Waals surface area (Å²) in [4.78, 5) is 12.1. The third kappa shape index (κ3) is 5.12. The number of hydrogen-bond donors (Lipinski definition) is 2. The lowest BCUT2D eigenvalue weighted by Gasteiger charge is -2.15. The van der Waals surface area contributed by atoms with E-state index in [0.717, 1.165) is 31.4 Å². The summed E-state index contributed by atoms with van der Waals surface area (Å²) in [7, 11) is 0. The Labute approximate surface area is 126 Å². The summed E-state index contributed by atoms with van der Waals surface area (Å²) in [6.45, 7) is 2.31. The first-order valence-corrected chi connectivity index (χ1v) is 8.14. The SMILES string of the molecule is CCCC(N)c1cn(CC(=O)NC2CCCCCC2)nn1. The summed E-state index contributed by atoms with van der Waals surface area (Å²) in [6.07, 6.45) is 10.9. The predicted molar refractivity (Wildman–Crippen MR) is 81.5 cm³/mol. The van der Waals surface area contributed by atoms with E-state index in [9.17, 15) is 4.79 Å². The molecule has 3 N–H and O–H groups in total. The molecule has 0 radical (unpaired) electrons. The molecule has 118 valence electrons. The fourth-order valence-electron chi connectivity index (χ4n) is 2.86. The number of rotatable bonds is 6. The van der Waals surface area contributed by atoms with Gasteiger partial charge in [0.15, 0.2) is 0 Å². The number of carbonyl (C=O) groups is 1. The van der Waals surface area contributed by atoms with Crippen LogP contribution in [0, 0.1) is 0 Å². The molecule has 0 saturated heterocycles. The highest BCUT2D eigenvalue weighted by atomic mass is 16.2. The molecule has 1 amide bonds. The van der Waals surface area contributed by atoms with Crippen LogP contribution in [0.25, 0.3) is 0 Å². The van der Waals surface area contributed by atoms with Crippen molar-refractivity contribution in [2.45, 2.75) is 76.9 Å². The Balaban J connectivity index is 1.82. The van der Waals surface area contributed by atoms with Crippen molar-refractivity contribution in [1.29, 1.82) is 0 Å². The van der Waals surface area contributed by atoms with Gasteiger partial charge in [-0.05, 0) is 19.3 Å². The minimum Gasteiger partial charge on any atom is -0.352 e. The second-order valence-electron chi connectivity index (χ2n) is 5.99. The molecule has 1 aromatic rings. The number of aromatic nitrogens is 3. The Bertz CT molecular complexity index is 437. The van der Waals surface area contributed by atoms with Crippen LogP contribution in [0.2, 0.25) is 0 Å². The van der Waals surface area contributed by atoms with Gasteiger partial charge >= 0.3 is 0 Å². The molecule has 21 heavy (non-hydrogen) atoms. The highest BCUT2D eigenvalue weighted by molar-refractivity contribution is 5.75. The van der Waals surface area contributed by atoms with Gasteiger partial charge in [-0.15, -0.1) is 5.10 Å². The molecule has 1 atom stereocenters. The van der Waals surface area contributed by atoms with E-state index >= 15 is 0 Å².